The van der Waals surface area contributed by atoms with Crippen molar-refractivity contribution >= 4 is 34.4 Å². The summed E-state index contributed by atoms with van der Waals surface area (Å²) in [7, 11) is 1.60. The Balaban J connectivity index is 1.37. The van der Waals surface area contributed by atoms with Crippen LogP contribution in [0.25, 0.3) is 10.9 Å². The molecular weight excluding hydrogens is 412 g/mol. The lowest BCUT2D eigenvalue weighted by atomic mass is 9.81. The molecule has 2 aliphatic rings. The van der Waals surface area contributed by atoms with Crippen LogP contribution in [-0.2, 0) is 4.79 Å². The molecule has 0 bridgehead atoms. The minimum Gasteiger partial charge on any atom is -0.497 e. The van der Waals surface area contributed by atoms with Crippen molar-refractivity contribution in [3.8, 4) is 5.75 Å². The molecule has 0 radical (unpaired) electrons. The maximum Gasteiger partial charge on any atom is 0.308 e. The van der Waals surface area contributed by atoms with Crippen molar-refractivity contribution in [3.63, 3.8) is 0 Å². The molecule has 2 fully saturated rings. The topological polar surface area (TPSA) is 79.7 Å². The van der Waals surface area contributed by atoms with Gasteiger partial charge in [-0.1, -0.05) is 0 Å². The van der Waals surface area contributed by atoms with Gasteiger partial charge in [0, 0.05) is 47.7 Å². The van der Waals surface area contributed by atoms with Gasteiger partial charge in [0.05, 0.1) is 18.5 Å². The number of Topliss-reactive ketones (excluding diaryl/α,β-unsaturated/α-hetero) is 1. The predicted octanol–water partition coefficient (Wildman–Crippen LogP) is 4.12. The van der Waals surface area contributed by atoms with Crippen LogP contribution < -0.4 is 4.74 Å². The molecule has 0 amide bonds. The Labute approximate surface area is 187 Å². The Bertz CT molecular complexity index is 946. The largest absolute Gasteiger partial charge is 0.497 e. The first kappa shape index (κ1) is 22.1. The predicted molar refractivity (Wildman–Crippen MR) is 123 cm³/mol. The number of rotatable bonds is 10. The molecule has 2 atom stereocenters. The molecule has 166 valence electrons. The van der Waals surface area contributed by atoms with Crippen molar-refractivity contribution in [3.05, 3.63) is 36.0 Å². The van der Waals surface area contributed by atoms with Crippen LogP contribution in [0.3, 0.4) is 0 Å². The molecule has 1 aromatic carbocycles. The van der Waals surface area contributed by atoms with Crippen LogP contribution >= 0.6 is 11.8 Å². The smallest absolute Gasteiger partial charge is 0.308 e. The number of piperidine rings is 1. The number of thioether (sulfide) groups is 1. The Morgan fingerprint density at radius 1 is 1.26 bits per heavy atom. The monoisotopic (exact) mass is 442 g/mol. The molecule has 1 aromatic heterocycles. The highest BCUT2D eigenvalue weighted by Gasteiger charge is 2.34. The van der Waals surface area contributed by atoms with E-state index in [1.807, 2.05) is 30.0 Å². The molecule has 31 heavy (non-hydrogen) atoms. The Hall–Kier alpha value is -2.12. The van der Waals surface area contributed by atoms with Gasteiger partial charge in [0.2, 0.25) is 0 Å². The number of pyridine rings is 1. The van der Waals surface area contributed by atoms with Crippen LogP contribution in [0.5, 0.6) is 5.75 Å². The molecular formula is C24H30N2O4S. The molecule has 1 saturated carbocycles. The number of ketones is 1. The van der Waals surface area contributed by atoms with E-state index in [-0.39, 0.29) is 11.7 Å². The van der Waals surface area contributed by atoms with Crippen molar-refractivity contribution in [1.29, 1.82) is 0 Å². The average molecular weight is 443 g/mol. The van der Waals surface area contributed by atoms with E-state index in [1.54, 1.807) is 19.4 Å². The highest BCUT2D eigenvalue weighted by Crippen LogP contribution is 2.34. The second-order valence-corrected chi connectivity index (χ2v) is 9.98. The molecule has 6 nitrogen and oxygen atoms in total. The van der Waals surface area contributed by atoms with Crippen LogP contribution in [0.2, 0.25) is 0 Å². The minimum atomic E-state index is -0.740. The molecule has 1 N–H and O–H groups in total. The maximum atomic E-state index is 13.0. The zero-order valence-corrected chi connectivity index (χ0v) is 18.8. The van der Waals surface area contributed by atoms with Gasteiger partial charge in [0.1, 0.15) is 5.75 Å². The highest BCUT2D eigenvalue weighted by atomic mass is 32.2. The first-order valence-electron chi connectivity index (χ1n) is 11.1. The highest BCUT2D eigenvalue weighted by molar-refractivity contribution is 8.00. The molecule has 2 aromatic rings. The third-order valence-electron chi connectivity index (χ3n) is 6.43. The van der Waals surface area contributed by atoms with Crippen LogP contribution in [0.1, 0.15) is 42.5 Å². The molecule has 0 spiro atoms. The summed E-state index contributed by atoms with van der Waals surface area (Å²) < 4.78 is 5.30. The minimum absolute atomic E-state index is 0.0352. The van der Waals surface area contributed by atoms with Crippen molar-refractivity contribution in [1.82, 2.24) is 9.88 Å². The van der Waals surface area contributed by atoms with Gasteiger partial charge in [0.15, 0.2) is 5.78 Å². The SMILES string of the molecule is COc1ccc2nccc(C(=O)CCC3CCN(CCSC4CC4)CC3C(=O)O)c2c1. The second kappa shape index (κ2) is 10.0. The lowest BCUT2D eigenvalue weighted by Crippen LogP contribution is -2.44. The van der Waals surface area contributed by atoms with Gasteiger partial charge in [-0.3, -0.25) is 14.6 Å². The van der Waals surface area contributed by atoms with Gasteiger partial charge >= 0.3 is 5.97 Å². The van der Waals surface area contributed by atoms with Crippen molar-refractivity contribution in [2.24, 2.45) is 11.8 Å². The van der Waals surface area contributed by atoms with E-state index in [0.717, 1.165) is 41.4 Å². The second-order valence-electron chi connectivity index (χ2n) is 8.57. The summed E-state index contributed by atoms with van der Waals surface area (Å²) in [5.74, 6) is 0.702. The number of carbonyl (C=O) groups is 2. The summed E-state index contributed by atoms with van der Waals surface area (Å²) in [6, 6.07) is 7.27. The van der Waals surface area contributed by atoms with Gasteiger partial charge in [-0.25, -0.2) is 0 Å². The summed E-state index contributed by atoms with van der Waals surface area (Å²) in [4.78, 5) is 31.6. The Kier molecular flexibility index (Phi) is 7.13. The van der Waals surface area contributed by atoms with E-state index >= 15 is 0 Å². The quantitative estimate of drug-likeness (QED) is 0.554. The Morgan fingerprint density at radius 3 is 2.84 bits per heavy atom. The maximum absolute atomic E-state index is 13.0. The molecule has 2 unspecified atom stereocenters. The first-order chi connectivity index (χ1) is 15.0. The summed E-state index contributed by atoms with van der Waals surface area (Å²) in [6.07, 6.45) is 6.11. The normalized spacial score (nSPS) is 21.8. The molecule has 1 saturated heterocycles. The molecule has 1 aliphatic carbocycles. The number of nitrogens with zero attached hydrogens (tertiary/aromatic N) is 2. The summed E-state index contributed by atoms with van der Waals surface area (Å²) in [6.45, 7) is 2.47. The van der Waals surface area contributed by atoms with Crippen LogP contribution in [0, 0.1) is 11.8 Å². The van der Waals surface area contributed by atoms with Crippen LogP contribution in [-0.4, -0.2) is 64.5 Å². The number of aromatic nitrogens is 1. The van der Waals surface area contributed by atoms with Crippen LogP contribution in [0.15, 0.2) is 30.5 Å². The Morgan fingerprint density at radius 2 is 2.10 bits per heavy atom. The fraction of sp³-hybridized carbons (Fsp3) is 0.542. The van der Waals surface area contributed by atoms with Gasteiger partial charge in [-0.05, 0) is 62.4 Å². The third kappa shape index (κ3) is 5.57. The van der Waals surface area contributed by atoms with E-state index in [1.165, 1.54) is 12.8 Å². The first-order valence-corrected chi connectivity index (χ1v) is 12.1. The molecule has 7 heteroatoms. The zero-order chi connectivity index (χ0) is 21.8. The number of carbonyl (C=O) groups excluding carboxylic acids is 1. The zero-order valence-electron chi connectivity index (χ0n) is 18.0. The summed E-state index contributed by atoms with van der Waals surface area (Å²) in [5, 5.41) is 11.4. The summed E-state index contributed by atoms with van der Waals surface area (Å²) >= 11 is 2.01. The van der Waals surface area contributed by atoms with Crippen molar-refractivity contribution in [2.45, 2.75) is 37.4 Å². The van der Waals surface area contributed by atoms with E-state index < -0.39 is 11.9 Å². The summed E-state index contributed by atoms with van der Waals surface area (Å²) in [5.41, 5.74) is 1.39. The average Bonchev–Trinajstić information content (AvgIpc) is 3.61. The van der Waals surface area contributed by atoms with Gasteiger partial charge < -0.3 is 14.7 Å². The van der Waals surface area contributed by atoms with Crippen molar-refractivity contribution < 1.29 is 19.4 Å². The van der Waals surface area contributed by atoms with Crippen LogP contribution in [0.4, 0.5) is 0 Å². The number of hydrogen-bond donors (Lipinski definition) is 1. The van der Waals surface area contributed by atoms with Gasteiger partial charge in [-0.2, -0.15) is 11.8 Å². The number of ether oxygens (including phenoxy) is 1. The number of carboxylic acid groups (broad SMARTS) is 1. The number of carboxylic acids is 1. The third-order valence-corrected chi connectivity index (χ3v) is 7.80. The van der Waals surface area contributed by atoms with E-state index in [2.05, 4.69) is 9.88 Å². The number of fused-ring (bicyclic) bond motifs is 1. The molecule has 4 rings (SSSR count). The van der Waals surface area contributed by atoms with Gasteiger partial charge in [-0.15, -0.1) is 0 Å². The fourth-order valence-electron chi connectivity index (χ4n) is 4.43. The lowest BCUT2D eigenvalue weighted by Gasteiger charge is -2.36. The van der Waals surface area contributed by atoms with E-state index in [9.17, 15) is 14.7 Å². The number of likely N-dealkylation sites (tertiary alicyclic amines) is 1. The number of hydrogen-bond acceptors (Lipinski definition) is 6. The standard InChI is InChI=1S/C24H30N2O4S/c1-30-17-3-6-22-20(14-17)19(8-10-25-22)23(27)7-2-16-9-11-26(15-21(16)24(28)29)12-13-31-18-4-5-18/h3,6,8,10,14,16,18,21H,2,4-5,7,9,11-13,15H2,1H3,(H,28,29). The van der Waals surface area contributed by atoms with E-state index in [0.29, 0.717) is 30.7 Å². The number of methoxy groups -OCH3 is 1. The lowest BCUT2D eigenvalue weighted by molar-refractivity contribution is -0.146. The van der Waals surface area contributed by atoms with E-state index in [4.69, 9.17) is 4.74 Å². The van der Waals surface area contributed by atoms with Crippen molar-refractivity contribution in [2.75, 3.05) is 32.5 Å². The number of benzene rings is 1. The number of aliphatic carboxylic acids is 1. The fourth-order valence-corrected chi connectivity index (χ4v) is 5.59. The molecule has 1 aliphatic heterocycles. The van der Waals surface area contributed by atoms with Gasteiger partial charge in [0.25, 0.3) is 0 Å². The molecule has 2 heterocycles.